The van der Waals surface area contributed by atoms with Gasteiger partial charge >= 0.3 is 0 Å². The first kappa shape index (κ1) is 13.9. The molecule has 0 bridgehead atoms. The van der Waals surface area contributed by atoms with Crippen LogP contribution < -0.4 is 0 Å². The molecule has 1 saturated heterocycles. The van der Waals surface area contributed by atoms with Crippen molar-refractivity contribution in [3.8, 4) is 0 Å². The molecule has 0 aromatic heterocycles. The van der Waals surface area contributed by atoms with Crippen LogP contribution in [-0.4, -0.2) is 34.6 Å². The van der Waals surface area contributed by atoms with Gasteiger partial charge in [-0.2, -0.15) is 0 Å². The van der Waals surface area contributed by atoms with Crippen LogP contribution >= 0.6 is 0 Å². The van der Waals surface area contributed by atoms with Crippen LogP contribution in [-0.2, 0) is 4.74 Å². The number of hydrogen-bond donors (Lipinski definition) is 2. The first-order valence-electron chi connectivity index (χ1n) is 4.96. The van der Waals surface area contributed by atoms with Crippen molar-refractivity contribution in [1.29, 1.82) is 0 Å². The van der Waals surface area contributed by atoms with E-state index in [1.165, 1.54) is 0 Å². The van der Waals surface area contributed by atoms with Crippen LogP contribution in [0.15, 0.2) is 0 Å². The fourth-order valence-electron chi connectivity index (χ4n) is 1.83. The molecule has 1 fully saturated rings. The van der Waals surface area contributed by atoms with Crippen molar-refractivity contribution in [2.75, 3.05) is 0 Å². The summed E-state index contributed by atoms with van der Waals surface area (Å²) >= 11 is 0. The minimum absolute atomic E-state index is 0. The quantitative estimate of drug-likeness (QED) is 0.715. The van der Waals surface area contributed by atoms with E-state index in [-0.39, 0.29) is 31.5 Å². The average Bonchev–Trinajstić information content (AvgIpc) is 2.29. The topological polar surface area (TPSA) is 49.7 Å². The molecule has 1 heterocycles. The largest absolute Gasteiger partial charge is 0.388 e. The van der Waals surface area contributed by atoms with Gasteiger partial charge in [0.25, 0.3) is 0 Å². The van der Waals surface area contributed by atoms with Gasteiger partial charge in [-0.1, -0.05) is 35.1 Å². The van der Waals surface area contributed by atoms with Gasteiger partial charge < -0.3 is 14.9 Å². The Morgan fingerprint density at radius 3 is 1.29 bits per heavy atom. The molecule has 0 aromatic carbocycles. The lowest BCUT2D eigenvalue weighted by Gasteiger charge is -2.19. The highest BCUT2D eigenvalue weighted by Crippen LogP contribution is 2.30. The summed E-state index contributed by atoms with van der Waals surface area (Å²) in [4.78, 5) is 0. The molecule has 86 valence electrons. The Morgan fingerprint density at radius 1 is 0.857 bits per heavy atom. The van der Waals surface area contributed by atoms with Crippen LogP contribution in [0.5, 0.6) is 0 Å². The number of hydrogen-bond acceptors (Lipinski definition) is 3. The van der Waals surface area contributed by atoms with Gasteiger partial charge in [0.05, 0.1) is 12.2 Å². The normalized spacial score (nSPS) is 37.7. The molecule has 0 spiro atoms. The maximum absolute atomic E-state index is 9.67. The molecule has 1 rings (SSSR count). The maximum Gasteiger partial charge on any atom is 0.109 e. The van der Waals surface area contributed by atoms with E-state index in [4.69, 9.17) is 4.74 Å². The van der Waals surface area contributed by atoms with Gasteiger partial charge in [-0.15, -0.1) is 0 Å². The Labute approximate surface area is 87.1 Å². The highest BCUT2D eigenvalue weighted by molar-refractivity contribution is 4.92. The molecule has 0 radical (unpaired) electrons. The molecule has 14 heavy (non-hydrogen) atoms. The highest BCUT2D eigenvalue weighted by Gasteiger charge is 2.44. The van der Waals surface area contributed by atoms with Crippen LogP contribution in [0.1, 0.15) is 35.1 Å². The lowest BCUT2D eigenvalue weighted by Crippen LogP contribution is -2.35. The summed E-state index contributed by atoms with van der Waals surface area (Å²) in [5.41, 5.74) is 0. The first-order valence-corrected chi connectivity index (χ1v) is 4.96. The van der Waals surface area contributed by atoms with E-state index in [1.54, 1.807) is 0 Å². The monoisotopic (exact) mass is 204 g/mol. The van der Waals surface area contributed by atoms with Gasteiger partial charge in [-0.3, -0.25) is 0 Å². The average molecular weight is 204 g/mol. The maximum atomic E-state index is 9.67. The van der Waals surface area contributed by atoms with E-state index in [0.29, 0.717) is 0 Å². The lowest BCUT2D eigenvalue weighted by atomic mass is 9.96. The van der Waals surface area contributed by atoms with Crippen molar-refractivity contribution in [1.82, 2.24) is 0 Å². The van der Waals surface area contributed by atoms with Gasteiger partial charge in [-0.05, 0) is 11.8 Å². The molecule has 4 atom stereocenters. The van der Waals surface area contributed by atoms with Crippen LogP contribution in [0.2, 0.25) is 0 Å². The van der Waals surface area contributed by atoms with Crippen molar-refractivity contribution >= 4 is 0 Å². The fraction of sp³-hybridized carbons (Fsp3) is 1.00. The Hall–Kier alpha value is -0.120. The summed E-state index contributed by atoms with van der Waals surface area (Å²) < 4.78 is 5.61. The van der Waals surface area contributed by atoms with Crippen molar-refractivity contribution in [3.05, 3.63) is 0 Å². The molecule has 2 N–H and O–H groups in total. The van der Waals surface area contributed by atoms with Gasteiger partial charge in [-0.25, -0.2) is 0 Å². The summed E-state index contributed by atoms with van der Waals surface area (Å²) in [6.45, 7) is 7.96. The zero-order valence-electron chi connectivity index (χ0n) is 8.77. The molecule has 0 aliphatic carbocycles. The SMILES string of the molecule is C.CC(C)[C@H]1O[C@@H](C(C)C)[C@@H](O)C1O. The van der Waals surface area contributed by atoms with E-state index in [2.05, 4.69) is 0 Å². The van der Waals surface area contributed by atoms with E-state index < -0.39 is 12.2 Å². The summed E-state index contributed by atoms with van der Waals surface area (Å²) in [5, 5.41) is 19.3. The van der Waals surface area contributed by atoms with Crippen molar-refractivity contribution in [2.45, 2.75) is 59.5 Å². The lowest BCUT2D eigenvalue weighted by molar-refractivity contribution is -0.0340. The van der Waals surface area contributed by atoms with Crippen molar-refractivity contribution < 1.29 is 14.9 Å². The van der Waals surface area contributed by atoms with Crippen LogP contribution in [0.25, 0.3) is 0 Å². The Morgan fingerprint density at radius 2 is 1.14 bits per heavy atom. The second-order valence-electron chi connectivity index (χ2n) is 4.53. The summed E-state index contributed by atoms with van der Waals surface area (Å²) in [7, 11) is 0. The summed E-state index contributed by atoms with van der Waals surface area (Å²) in [6.07, 6.45) is -1.90. The summed E-state index contributed by atoms with van der Waals surface area (Å²) in [5.74, 6) is 0.488. The first-order chi connectivity index (χ1) is 5.95. The summed E-state index contributed by atoms with van der Waals surface area (Å²) in [6, 6.07) is 0. The van der Waals surface area contributed by atoms with Crippen LogP contribution in [0.3, 0.4) is 0 Å². The second-order valence-corrected chi connectivity index (χ2v) is 4.53. The van der Waals surface area contributed by atoms with Crippen LogP contribution in [0, 0.1) is 11.8 Å². The predicted molar refractivity (Wildman–Crippen MR) is 57.1 cm³/mol. The van der Waals surface area contributed by atoms with Crippen molar-refractivity contribution in [2.24, 2.45) is 11.8 Å². The van der Waals surface area contributed by atoms with E-state index in [1.807, 2.05) is 27.7 Å². The molecule has 3 nitrogen and oxygen atoms in total. The van der Waals surface area contributed by atoms with Crippen LogP contribution in [0.4, 0.5) is 0 Å². The predicted octanol–water partition coefficient (Wildman–Crippen LogP) is 1.42. The highest BCUT2D eigenvalue weighted by atomic mass is 16.5. The molecule has 1 aliphatic rings. The molecule has 0 aromatic rings. The van der Waals surface area contributed by atoms with Gasteiger partial charge in [0.1, 0.15) is 12.2 Å². The van der Waals surface area contributed by atoms with Gasteiger partial charge in [0, 0.05) is 0 Å². The Kier molecular flexibility index (Phi) is 5.06. The molecule has 0 amide bonds. The second kappa shape index (κ2) is 5.10. The molecule has 1 unspecified atom stereocenters. The Bertz CT molecular complexity index is 150. The van der Waals surface area contributed by atoms with E-state index in [9.17, 15) is 10.2 Å². The number of rotatable bonds is 2. The third-order valence-corrected chi connectivity index (χ3v) is 2.65. The third-order valence-electron chi connectivity index (χ3n) is 2.65. The Balaban J connectivity index is 0.00000169. The number of ether oxygens (including phenoxy) is 1. The van der Waals surface area contributed by atoms with Crippen molar-refractivity contribution in [3.63, 3.8) is 0 Å². The van der Waals surface area contributed by atoms with E-state index >= 15 is 0 Å². The van der Waals surface area contributed by atoms with E-state index in [0.717, 1.165) is 0 Å². The molecular weight excluding hydrogens is 180 g/mol. The van der Waals surface area contributed by atoms with Gasteiger partial charge in [0.15, 0.2) is 0 Å². The molecule has 1 aliphatic heterocycles. The number of aliphatic hydroxyl groups excluding tert-OH is 2. The molecule has 0 saturated carbocycles. The zero-order valence-corrected chi connectivity index (χ0v) is 8.77. The number of aliphatic hydroxyl groups is 2. The molecule has 3 heteroatoms. The third kappa shape index (κ3) is 2.47. The fourth-order valence-corrected chi connectivity index (χ4v) is 1.83. The molecular formula is C11H24O3. The minimum Gasteiger partial charge on any atom is -0.388 e. The van der Waals surface area contributed by atoms with Gasteiger partial charge in [0.2, 0.25) is 0 Å². The standard InChI is InChI=1S/C10H20O3.CH4/c1-5(2)9-7(11)8(12)10(13-9)6(3)4;/h5-12H,1-4H3;1H4/t7-,8?,9-,10+;/m0./s1. The zero-order chi connectivity index (χ0) is 10.2. The smallest absolute Gasteiger partial charge is 0.109 e. The minimum atomic E-state index is -0.729.